The van der Waals surface area contributed by atoms with Crippen LogP contribution in [0.1, 0.15) is 36.6 Å². The molecular formula is C16H13NO5. The van der Waals surface area contributed by atoms with Gasteiger partial charge in [-0.3, -0.25) is 4.79 Å². The van der Waals surface area contributed by atoms with Crippen LogP contribution in [0.25, 0.3) is 0 Å². The highest BCUT2D eigenvalue weighted by Crippen LogP contribution is 2.10. The summed E-state index contributed by atoms with van der Waals surface area (Å²) >= 11 is 0. The van der Waals surface area contributed by atoms with Gasteiger partial charge in [0.1, 0.15) is 6.61 Å². The van der Waals surface area contributed by atoms with Crippen molar-refractivity contribution in [3.63, 3.8) is 0 Å². The molecule has 112 valence electrons. The van der Waals surface area contributed by atoms with Crippen molar-refractivity contribution in [2.24, 2.45) is 5.73 Å². The minimum atomic E-state index is -1.02. The van der Waals surface area contributed by atoms with Crippen molar-refractivity contribution >= 4 is 17.8 Å². The fourth-order valence-corrected chi connectivity index (χ4v) is 1.78. The quantitative estimate of drug-likeness (QED) is 0.819. The molecule has 0 bridgehead atoms. The van der Waals surface area contributed by atoms with Gasteiger partial charge in [0.25, 0.3) is 0 Å². The van der Waals surface area contributed by atoms with Crippen LogP contribution in [0.5, 0.6) is 0 Å². The van der Waals surface area contributed by atoms with Crippen molar-refractivity contribution in [2.45, 2.75) is 6.61 Å². The van der Waals surface area contributed by atoms with Gasteiger partial charge in [-0.2, -0.15) is 0 Å². The van der Waals surface area contributed by atoms with Crippen molar-refractivity contribution < 1.29 is 24.2 Å². The molecule has 3 N–H and O–H groups in total. The maximum Gasteiger partial charge on any atom is 0.338 e. The van der Waals surface area contributed by atoms with E-state index in [1.165, 1.54) is 30.3 Å². The topological polar surface area (TPSA) is 107 Å². The Morgan fingerprint density at radius 1 is 0.955 bits per heavy atom. The lowest BCUT2D eigenvalue weighted by Crippen LogP contribution is -2.12. The number of carbonyl (C=O) groups excluding carboxylic acids is 2. The van der Waals surface area contributed by atoms with Gasteiger partial charge < -0.3 is 15.6 Å². The molecule has 22 heavy (non-hydrogen) atoms. The molecule has 0 atom stereocenters. The molecule has 0 radical (unpaired) electrons. The number of amides is 1. The number of ether oxygens (including phenoxy) is 1. The van der Waals surface area contributed by atoms with E-state index in [4.69, 9.17) is 15.6 Å². The molecule has 0 aliphatic heterocycles. The minimum Gasteiger partial charge on any atom is -0.478 e. The molecule has 0 saturated carbocycles. The monoisotopic (exact) mass is 299 g/mol. The van der Waals surface area contributed by atoms with Gasteiger partial charge in [-0.05, 0) is 35.9 Å². The molecule has 6 heteroatoms. The average molecular weight is 299 g/mol. The summed E-state index contributed by atoms with van der Waals surface area (Å²) in [5.74, 6) is -2.24. The van der Waals surface area contributed by atoms with Gasteiger partial charge in [0.05, 0.1) is 11.1 Å². The number of rotatable bonds is 5. The van der Waals surface area contributed by atoms with E-state index in [0.29, 0.717) is 5.56 Å². The summed E-state index contributed by atoms with van der Waals surface area (Å²) in [6.45, 7) is -0.000465. The lowest BCUT2D eigenvalue weighted by Gasteiger charge is -2.06. The van der Waals surface area contributed by atoms with E-state index in [2.05, 4.69) is 0 Å². The first-order valence-electron chi connectivity index (χ1n) is 6.36. The van der Waals surface area contributed by atoms with Crippen LogP contribution in [0.2, 0.25) is 0 Å². The van der Waals surface area contributed by atoms with Crippen molar-refractivity contribution in [3.8, 4) is 0 Å². The Labute approximate surface area is 126 Å². The number of carboxylic acid groups (broad SMARTS) is 1. The zero-order valence-electron chi connectivity index (χ0n) is 11.5. The number of carbonyl (C=O) groups is 3. The average Bonchev–Trinajstić information content (AvgIpc) is 2.53. The summed E-state index contributed by atoms with van der Waals surface area (Å²) in [6.07, 6.45) is 0. The maximum atomic E-state index is 11.9. The Kier molecular flexibility index (Phi) is 4.53. The molecule has 0 spiro atoms. The van der Waals surface area contributed by atoms with Gasteiger partial charge in [0.15, 0.2) is 0 Å². The van der Waals surface area contributed by atoms with Crippen molar-refractivity contribution in [2.75, 3.05) is 0 Å². The summed E-state index contributed by atoms with van der Waals surface area (Å²) in [5.41, 5.74) is 6.40. The van der Waals surface area contributed by atoms with E-state index in [1.54, 1.807) is 18.2 Å². The van der Waals surface area contributed by atoms with E-state index in [9.17, 15) is 14.4 Å². The Morgan fingerprint density at radius 2 is 1.59 bits per heavy atom. The first-order valence-corrected chi connectivity index (χ1v) is 6.36. The minimum absolute atomic E-state index is 0.000465. The maximum absolute atomic E-state index is 11.9. The molecule has 2 rings (SSSR count). The van der Waals surface area contributed by atoms with E-state index in [-0.39, 0.29) is 23.3 Å². The molecule has 0 aromatic heterocycles. The van der Waals surface area contributed by atoms with Crippen molar-refractivity contribution in [1.29, 1.82) is 0 Å². The Balaban J connectivity index is 2.02. The van der Waals surface area contributed by atoms with Gasteiger partial charge >= 0.3 is 11.9 Å². The Hall–Kier alpha value is -3.15. The number of primary amides is 1. The van der Waals surface area contributed by atoms with Gasteiger partial charge in [0, 0.05) is 5.56 Å². The molecule has 0 unspecified atom stereocenters. The zero-order chi connectivity index (χ0) is 16.1. The highest BCUT2D eigenvalue weighted by Gasteiger charge is 2.10. The van der Waals surface area contributed by atoms with E-state index < -0.39 is 17.8 Å². The predicted octanol–water partition coefficient (Wildman–Crippen LogP) is 1.84. The molecule has 2 aromatic carbocycles. The number of hydrogen-bond acceptors (Lipinski definition) is 4. The van der Waals surface area contributed by atoms with Crippen LogP contribution >= 0.6 is 0 Å². The second-order valence-electron chi connectivity index (χ2n) is 4.52. The highest BCUT2D eigenvalue weighted by molar-refractivity contribution is 5.97. The Bertz CT molecular complexity index is 722. The fraction of sp³-hybridized carbons (Fsp3) is 0.0625. The van der Waals surface area contributed by atoms with Crippen LogP contribution in [0.4, 0.5) is 0 Å². The van der Waals surface area contributed by atoms with Crippen LogP contribution in [0.3, 0.4) is 0 Å². The van der Waals surface area contributed by atoms with Gasteiger partial charge in [-0.1, -0.05) is 18.2 Å². The van der Waals surface area contributed by atoms with Crippen LogP contribution in [-0.2, 0) is 11.3 Å². The molecular weight excluding hydrogens is 286 g/mol. The molecule has 0 heterocycles. The largest absolute Gasteiger partial charge is 0.478 e. The van der Waals surface area contributed by atoms with E-state index >= 15 is 0 Å². The normalized spacial score (nSPS) is 10.0. The summed E-state index contributed by atoms with van der Waals surface area (Å²) in [5, 5.41) is 8.79. The lowest BCUT2D eigenvalue weighted by molar-refractivity contribution is 0.0472. The third kappa shape index (κ3) is 3.69. The molecule has 0 aliphatic carbocycles. The molecule has 0 fully saturated rings. The number of carboxylic acids is 1. The summed E-state index contributed by atoms with van der Waals surface area (Å²) in [6, 6.07) is 11.9. The fourth-order valence-electron chi connectivity index (χ4n) is 1.78. The number of nitrogens with two attached hydrogens (primary N) is 1. The summed E-state index contributed by atoms with van der Waals surface area (Å²) in [7, 11) is 0. The molecule has 6 nitrogen and oxygen atoms in total. The summed E-state index contributed by atoms with van der Waals surface area (Å²) in [4.78, 5) is 33.7. The third-order valence-corrected chi connectivity index (χ3v) is 2.95. The number of benzene rings is 2. The predicted molar refractivity (Wildman–Crippen MR) is 77.5 cm³/mol. The van der Waals surface area contributed by atoms with Crippen LogP contribution in [-0.4, -0.2) is 23.0 Å². The number of esters is 1. The van der Waals surface area contributed by atoms with Crippen LogP contribution in [0, 0.1) is 0 Å². The molecule has 1 amide bonds. The number of hydrogen-bond donors (Lipinski definition) is 2. The first-order chi connectivity index (χ1) is 10.5. The van der Waals surface area contributed by atoms with Crippen LogP contribution < -0.4 is 5.73 Å². The highest BCUT2D eigenvalue weighted by atomic mass is 16.5. The molecule has 0 aliphatic rings. The SMILES string of the molecule is NC(=O)c1cccc(C(=O)OCc2ccc(C(=O)O)cc2)c1. The lowest BCUT2D eigenvalue weighted by atomic mass is 10.1. The smallest absolute Gasteiger partial charge is 0.338 e. The summed E-state index contributed by atoms with van der Waals surface area (Å²) < 4.78 is 5.11. The van der Waals surface area contributed by atoms with Gasteiger partial charge in [0.2, 0.25) is 5.91 Å². The van der Waals surface area contributed by atoms with Crippen molar-refractivity contribution in [1.82, 2.24) is 0 Å². The van der Waals surface area contributed by atoms with E-state index in [1.807, 2.05) is 0 Å². The second kappa shape index (κ2) is 6.53. The third-order valence-electron chi connectivity index (χ3n) is 2.95. The van der Waals surface area contributed by atoms with E-state index in [0.717, 1.165) is 0 Å². The van der Waals surface area contributed by atoms with Crippen LogP contribution in [0.15, 0.2) is 48.5 Å². The standard InChI is InChI=1S/C16H13NO5/c17-14(18)12-2-1-3-13(8-12)16(21)22-9-10-4-6-11(7-5-10)15(19)20/h1-8H,9H2,(H2,17,18)(H,19,20). The first kappa shape index (κ1) is 15.2. The number of aromatic carboxylic acids is 1. The second-order valence-corrected chi connectivity index (χ2v) is 4.52. The van der Waals surface area contributed by atoms with Gasteiger partial charge in [-0.25, -0.2) is 9.59 Å². The van der Waals surface area contributed by atoms with Gasteiger partial charge in [-0.15, -0.1) is 0 Å². The molecule has 0 saturated heterocycles. The van der Waals surface area contributed by atoms with Crippen molar-refractivity contribution in [3.05, 3.63) is 70.8 Å². The zero-order valence-corrected chi connectivity index (χ0v) is 11.5. The Morgan fingerprint density at radius 3 is 2.18 bits per heavy atom. The molecule has 2 aromatic rings.